The first-order chi connectivity index (χ1) is 8.70. The molecule has 2 rings (SSSR count). The number of nitrogens with two attached hydrogens (primary N) is 1. The Bertz CT molecular complexity index is 580. The van der Waals surface area contributed by atoms with Gasteiger partial charge in [-0.15, -0.1) is 0 Å². The molecular formula is C11H13F3N2O2S. The van der Waals surface area contributed by atoms with E-state index in [4.69, 9.17) is 5.73 Å². The van der Waals surface area contributed by atoms with Gasteiger partial charge in [0.2, 0.25) is 10.0 Å². The van der Waals surface area contributed by atoms with Crippen LogP contribution in [0.25, 0.3) is 0 Å². The maximum Gasteiger partial charge on any atom is 0.407 e. The van der Waals surface area contributed by atoms with Crippen LogP contribution >= 0.6 is 0 Å². The predicted molar refractivity (Wildman–Crippen MR) is 62.7 cm³/mol. The van der Waals surface area contributed by atoms with Crippen LogP contribution in [-0.2, 0) is 16.6 Å². The van der Waals surface area contributed by atoms with Crippen LogP contribution in [0.15, 0.2) is 29.2 Å². The number of benzene rings is 1. The third-order valence-electron chi connectivity index (χ3n) is 3.07. The Morgan fingerprint density at radius 1 is 1.32 bits per heavy atom. The fourth-order valence-electron chi connectivity index (χ4n) is 1.72. The number of rotatable bonds is 4. The predicted octanol–water partition coefficient (Wildman–Crippen LogP) is 1.52. The van der Waals surface area contributed by atoms with Crippen LogP contribution in [-0.4, -0.2) is 20.1 Å². The second-order valence-corrected chi connectivity index (χ2v) is 6.22. The van der Waals surface area contributed by atoms with Gasteiger partial charge < -0.3 is 5.73 Å². The van der Waals surface area contributed by atoms with E-state index in [0.717, 1.165) is 0 Å². The molecule has 0 aromatic heterocycles. The average molecular weight is 294 g/mol. The van der Waals surface area contributed by atoms with Crippen molar-refractivity contribution in [1.29, 1.82) is 0 Å². The summed E-state index contributed by atoms with van der Waals surface area (Å²) in [5, 5.41) is 0. The zero-order valence-corrected chi connectivity index (χ0v) is 10.7. The molecule has 0 amide bonds. The first kappa shape index (κ1) is 14.3. The van der Waals surface area contributed by atoms with Gasteiger partial charge in [-0.2, -0.15) is 17.9 Å². The van der Waals surface area contributed by atoms with E-state index >= 15 is 0 Å². The molecule has 1 aliphatic carbocycles. The third kappa shape index (κ3) is 2.75. The van der Waals surface area contributed by atoms with Crippen LogP contribution in [0.4, 0.5) is 13.2 Å². The highest BCUT2D eigenvalue weighted by atomic mass is 32.2. The molecule has 106 valence electrons. The highest BCUT2D eigenvalue weighted by molar-refractivity contribution is 7.89. The summed E-state index contributed by atoms with van der Waals surface area (Å²) < 4.78 is 63.9. The Hall–Kier alpha value is -1.12. The van der Waals surface area contributed by atoms with Crippen molar-refractivity contribution in [3.05, 3.63) is 29.8 Å². The second kappa shape index (κ2) is 4.46. The molecule has 8 heteroatoms. The molecule has 19 heavy (non-hydrogen) atoms. The first-order valence-corrected chi connectivity index (χ1v) is 7.08. The number of halogens is 3. The zero-order chi connectivity index (χ0) is 14.3. The Balaban J connectivity index is 2.29. The molecule has 3 N–H and O–H groups in total. The fraction of sp³-hybridized carbons (Fsp3) is 0.455. The maximum absolute atomic E-state index is 12.7. The summed E-state index contributed by atoms with van der Waals surface area (Å²) in [6.45, 7) is 0.119. The lowest BCUT2D eigenvalue weighted by molar-refractivity contribution is -0.160. The van der Waals surface area contributed by atoms with Crippen molar-refractivity contribution in [3.8, 4) is 0 Å². The number of alkyl halides is 3. The van der Waals surface area contributed by atoms with E-state index in [0.29, 0.717) is 5.56 Å². The Morgan fingerprint density at radius 2 is 1.95 bits per heavy atom. The van der Waals surface area contributed by atoms with Gasteiger partial charge in [0.05, 0.1) is 4.90 Å². The Kier molecular flexibility index (Phi) is 3.36. The number of hydrogen-bond acceptors (Lipinski definition) is 3. The minimum absolute atomic E-state index is 0.119. The summed E-state index contributed by atoms with van der Waals surface area (Å²) in [5.74, 6) is 0. The highest BCUT2D eigenvalue weighted by Gasteiger charge is 2.65. The molecule has 1 saturated carbocycles. The summed E-state index contributed by atoms with van der Waals surface area (Å²) in [5.41, 5.74) is 3.62. The zero-order valence-electron chi connectivity index (χ0n) is 9.87. The molecule has 0 unspecified atom stereocenters. The van der Waals surface area contributed by atoms with Crippen molar-refractivity contribution in [1.82, 2.24) is 4.72 Å². The van der Waals surface area contributed by atoms with Gasteiger partial charge in [0, 0.05) is 6.54 Å². The largest absolute Gasteiger partial charge is 0.407 e. The quantitative estimate of drug-likeness (QED) is 0.884. The average Bonchev–Trinajstić information content (AvgIpc) is 3.09. The highest BCUT2D eigenvalue weighted by Crippen LogP contribution is 2.49. The van der Waals surface area contributed by atoms with Gasteiger partial charge in [-0.1, -0.05) is 12.1 Å². The Morgan fingerprint density at radius 3 is 2.42 bits per heavy atom. The molecule has 0 aliphatic heterocycles. The minimum Gasteiger partial charge on any atom is -0.326 e. The molecule has 1 aromatic rings. The van der Waals surface area contributed by atoms with Crippen molar-refractivity contribution in [2.45, 2.75) is 36.0 Å². The third-order valence-corrected chi connectivity index (χ3v) is 4.60. The van der Waals surface area contributed by atoms with Crippen LogP contribution in [0, 0.1) is 0 Å². The molecule has 1 fully saturated rings. The van der Waals surface area contributed by atoms with Gasteiger partial charge in [0.25, 0.3) is 0 Å². The summed E-state index contributed by atoms with van der Waals surface area (Å²) in [6.07, 6.45) is -5.04. The van der Waals surface area contributed by atoms with Crippen molar-refractivity contribution < 1.29 is 21.6 Å². The van der Waals surface area contributed by atoms with Gasteiger partial charge in [0.1, 0.15) is 5.54 Å². The first-order valence-electron chi connectivity index (χ1n) is 5.60. The van der Waals surface area contributed by atoms with Gasteiger partial charge in [0.15, 0.2) is 0 Å². The number of nitrogens with one attached hydrogen (secondary N) is 1. The van der Waals surface area contributed by atoms with E-state index < -0.39 is 21.7 Å². The molecule has 1 aromatic carbocycles. The van der Waals surface area contributed by atoms with Crippen molar-refractivity contribution in [3.63, 3.8) is 0 Å². The topological polar surface area (TPSA) is 72.2 Å². The van der Waals surface area contributed by atoms with E-state index in [-0.39, 0.29) is 24.3 Å². The molecule has 0 radical (unpaired) electrons. The SMILES string of the molecule is NCc1cccc(S(=O)(=O)NC2(C(F)(F)F)CC2)c1. The molecule has 0 atom stereocenters. The standard InChI is InChI=1S/C11H13F3N2O2S/c12-11(13,14)10(4-5-10)16-19(17,18)9-3-1-2-8(6-9)7-15/h1-3,6,16H,4-5,7,15H2. The van der Waals surface area contributed by atoms with Crippen LogP contribution in [0.5, 0.6) is 0 Å². The fourth-order valence-corrected chi connectivity index (χ4v) is 3.24. The second-order valence-electron chi connectivity index (χ2n) is 4.54. The summed E-state index contributed by atoms with van der Waals surface area (Å²) in [6, 6.07) is 5.57. The number of hydrogen-bond donors (Lipinski definition) is 2. The summed E-state index contributed by atoms with van der Waals surface area (Å²) in [7, 11) is -4.20. The molecular weight excluding hydrogens is 281 g/mol. The van der Waals surface area contributed by atoms with E-state index in [1.807, 2.05) is 0 Å². The van der Waals surface area contributed by atoms with E-state index in [1.165, 1.54) is 18.2 Å². The molecule has 0 spiro atoms. The van der Waals surface area contributed by atoms with Crippen LogP contribution in [0.3, 0.4) is 0 Å². The van der Waals surface area contributed by atoms with Crippen LogP contribution < -0.4 is 10.5 Å². The van der Waals surface area contributed by atoms with Gasteiger partial charge >= 0.3 is 6.18 Å². The number of sulfonamides is 1. The lowest BCUT2D eigenvalue weighted by Gasteiger charge is -2.20. The molecule has 0 heterocycles. The van der Waals surface area contributed by atoms with Gasteiger partial charge in [-0.3, -0.25) is 0 Å². The Labute approximate surface area is 108 Å². The van der Waals surface area contributed by atoms with Crippen molar-refractivity contribution in [2.24, 2.45) is 5.73 Å². The van der Waals surface area contributed by atoms with Crippen LogP contribution in [0.1, 0.15) is 18.4 Å². The van der Waals surface area contributed by atoms with E-state index in [9.17, 15) is 21.6 Å². The lowest BCUT2D eigenvalue weighted by Crippen LogP contribution is -2.47. The minimum atomic E-state index is -4.58. The lowest BCUT2D eigenvalue weighted by atomic mass is 10.2. The summed E-state index contributed by atoms with van der Waals surface area (Å²) >= 11 is 0. The normalized spacial score (nSPS) is 18.3. The van der Waals surface area contributed by atoms with Crippen LogP contribution in [0.2, 0.25) is 0 Å². The van der Waals surface area contributed by atoms with Crippen molar-refractivity contribution in [2.75, 3.05) is 0 Å². The molecule has 0 saturated heterocycles. The van der Waals surface area contributed by atoms with Gasteiger partial charge in [-0.05, 0) is 30.5 Å². The monoisotopic (exact) mass is 294 g/mol. The van der Waals surface area contributed by atoms with Crippen molar-refractivity contribution >= 4 is 10.0 Å². The smallest absolute Gasteiger partial charge is 0.326 e. The molecule has 1 aliphatic rings. The summed E-state index contributed by atoms with van der Waals surface area (Å²) in [4.78, 5) is -0.203. The maximum atomic E-state index is 12.7. The van der Waals surface area contributed by atoms with Gasteiger partial charge in [-0.25, -0.2) is 8.42 Å². The van der Waals surface area contributed by atoms with E-state index in [1.54, 1.807) is 10.8 Å². The van der Waals surface area contributed by atoms with E-state index in [2.05, 4.69) is 0 Å². The molecule has 0 bridgehead atoms. The molecule has 4 nitrogen and oxygen atoms in total.